The van der Waals surface area contributed by atoms with E-state index in [9.17, 15) is 0 Å². The van der Waals surface area contributed by atoms with Gasteiger partial charge in [0.25, 0.3) is 0 Å². The van der Waals surface area contributed by atoms with Gasteiger partial charge in [-0.2, -0.15) is 0 Å². The first-order valence-corrected chi connectivity index (χ1v) is 5.71. The van der Waals surface area contributed by atoms with E-state index in [1.165, 1.54) is 25.0 Å². The monoisotopic (exact) mass is 196 g/mol. The maximum Gasteiger partial charge on any atom is 0.0224 e. The number of nitrogens with two attached hydrogens (primary N) is 1. The SMILES string of the molecule is CC(C)=CCN1CCC(C)CC1CN. The number of allylic oxidation sites excluding steroid dienone is 1. The molecule has 82 valence electrons. The Balaban J connectivity index is 2.46. The summed E-state index contributed by atoms with van der Waals surface area (Å²) in [5, 5.41) is 0. The van der Waals surface area contributed by atoms with Gasteiger partial charge in [-0.3, -0.25) is 4.90 Å². The van der Waals surface area contributed by atoms with Crippen molar-refractivity contribution in [1.29, 1.82) is 0 Å². The van der Waals surface area contributed by atoms with Crippen LogP contribution in [0.4, 0.5) is 0 Å². The molecule has 2 heteroatoms. The van der Waals surface area contributed by atoms with Crippen molar-refractivity contribution in [2.45, 2.75) is 39.7 Å². The van der Waals surface area contributed by atoms with Crippen LogP contribution in [0.3, 0.4) is 0 Å². The first-order valence-electron chi connectivity index (χ1n) is 5.71. The Morgan fingerprint density at radius 2 is 2.21 bits per heavy atom. The molecular weight excluding hydrogens is 172 g/mol. The van der Waals surface area contributed by atoms with E-state index in [-0.39, 0.29) is 0 Å². The van der Waals surface area contributed by atoms with Crippen molar-refractivity contribution in [2.75, 3.05) is 19.6 Å². The van der Waals surface area contributed by atoms with E-state index in [1.54, 1.807) is 0 Å². The fourth-order valence-electron chi connectivity index (χ4n) is 2.09. The van der Waals surface area contributed by atoms with Crippen LogP contribution in [0.2, 0.25) is 0 Å². The average Bonchev–Trinajstić information content (AvgIpc) is 2.15. The van der Waals surface area contributed by atoms with E-state index in [1.807, 2.05) is 0 Å². The molecule has 0 spiro atoms. The highest BCUT2D eigenvalue weighted by molar-refractivity contribution is 4.96. The van der Waals surface area contributed by atoms with Gasteiger partial charge >= 0.3 is 0 Å². The van der Waals surface area contributed by atoms with Crippen LogP contribution in [0.5, 0.6) is 0 Å². The Morgan fingerprint density at radius 3 is 2.79 bits per heavy atom. The van der Waals surface area contributed by atoms with Crippen LogP contribution in [-0.2, 0) is 0 Å². The van der Waals surface area contributed by atoms with Crippen LogP contribution >= 0.6 is 0 Å². The Morgan fingerprint density at radius 1 is 1.50 bits per heavy atom. The van der Waals surface area contributed by atoms with Gasteiger partial charge in [0, 0.05) is 19.1 Å². The maximum absolute atomic E-state index is 5.80. The quantitative estimate of drug-likeness (QED) is 0.700. The summed E-state index contributed by atoms with van der Waals surface area (Å²) >= 11 is 0. The summed E-state index contributed by atoms with van der Waals surface area (Å²) in [5.41, 5.74) is 7.20. The number of piperidine rings is 1. The zero-order chi connectivity index (χ0) is 10.6. The van der Waals surface area contributed by atoms with E-state index < -0.39 is 0 Å². The van der Waals surface area contributed by atoms with Crippen molar-refractivity contribution in [3.05, 3.63) is 11.6 Å². The second kappa shape index (κ2) is 5.52. The topological polar surface area (TPSA) is 29.3 Å². The molecule has 1 aliphatic heterocycles. The Hall–Kier alpha value is -0.340. The Bertz CT molecular complexity index is 194. The summed E-state index contributed by atoms with van der Waals surface area (Å²) < 4.78 is 0. The number of nitrogens with zero attached hydrogens (tertiary/aromatic N) is 1. The average molecular weight is 196 g/mol. The van der Waals surface area contributed by atoms with Gasteiger partial charge in [0.05, 0.1) is 0 Å². The minimum Gasteiger partial charge on any atom is -0.329 e. The van der Waals surface area contributed by atoms with E-state index in [4.69, 9.17) is 5.73 Å². The van der Waals surface area contributed by atoms with Crippen molar-refractivity contribution in [1.82, 2.24) is 4.90 Å². The van der Waals surface area contributed by atoms with Gasteiger partial charge in [0.2, 0.25) is 0 Å². The lowest BCUT2D eigenvalue weighted by Crippen LogP contribution is -2.46. The van der Waals surface area contributed by atoms with Crippen molar-refractivity contribution in [3.63, 3.8) is 0 Å². The predicted octanol–water partition coefficient (Wildman–Crippen LogP) is 2.01. The molecule has 1 saturated heterocycles. The highest BCUT2D eigenvalue weighted by Gasteiger charge is 2.23. The highest BCUT2D eigenvalue weighted by Crippen LogP contribution is 2.21. The second-order valence-electron chi connectivity index (χ2n) is 4.80. The zero-order valence-electron chi connectivity index (χ0n) is 9.79. The van der Waals surface area contributed by atoms with Crippen LogP contribution in [0.15, 0.2) is 11.6 Å². The molecule has 0 aromatic heterocycles. The number of rotatable bonds is 3. The summed E-state index contributed by atoms with van der Waals surface area (Å²) in [6.07, 6.45) is 4.90. The molecule has 0 amide bonds. The predicted molar refractivity (Wildman–Crippen MR) is 62.2 cm³/mol. The fourth-order valence-corrected chi connectivity index (χ4v) is 2.09. The zero-order valence-corrected chi connectivity index (χ0v) is 9.79. The molecule has 0 saturated carbocycles. The normalized spacial score (nSPS) is 28.9. The van der Waals surface area contributed by atoms with E-state index in [0.29, 0.717) is 6.04 Å². The first kappa shape index (κ1) is 11.7. The van der Waals surface area contributed by atoms with Crippen LogP contribution in [0, 0.1) is 5.92 Å². The summed E-state index contributed by atoms with van der Waals surface area (Å²) in [4.78, 5) is 2.52. The smallest absolute Gasteiger partial charge is 0.0224 e. The first-order chi connectivity index (χ1) is 6.63. The Labute approximate surface area is 88.2 Å². The van der Waals surface area contributed by atoms with E-state index in [2.05, 4.69) is 31.7 Å². The molecule has 2 N–H and O–H groups in total. The molecule has 0 aliphatic carbocycles. The van der Waals surface area contributed by atoms with Crippen LogP contribution < -0.4 is 5.73 Å². The third-order valence-electron chi connectivity index (χ3n) is 3.11. The molecule has 1 heterocycles. The van der Waals surface area contributed by atoms with Crippen LogP contribution in [0.1, 0.15) is 33.6 Å². The standard InChI is InChI=1S/C12H24N2/c1-10(2)4-6-14-7-5-11(3)8-12(14)9-13/h4,11-12H,5-9,13H2,1-3H3. The minimum absolute atomic E-state index is 0.606. The molecule has 2 unspecified atom stereocenters. The molecule has 2 atom stereocenters. The molecule has 0 aromatic carbocycles. The van der Waals surface area contributed by atoms with Gasteiger partial charge in [-0.15, -0.1) is 0 Å². The van der Waals surface area contributed by atoms with Crippen LogP contribution in [-0.4, -0.2) is 30.6 Å². The lowest BCUT2D eigenvalue weighted by molar-refractivity contribution is 0.136. The molecule has 0 aromatic rings. The summed E-state index contributed by atoms with van der Waals surface area (Å²) in [6.45, 7) is 9.75. The van der Waals surface area contributed by atoms with E-state index in [0.717, 1.165) is 19.0 Å². The van der Waals surface area contributed by atoms with Gasteiger partial charge < -0.3 is 5.73 Å². The Kier molecular flexibility index (Phi) is 4.63. The van der Waals surface area contributed by atoms with Gasteiger partial charge in [0.1, 0.15) is 0 Å². The van der Waals surface area contributed by atoms with Crippen LogP contribution in [0.25, 0.3) is 0 Å². The maximum atomic E-state index is 5.80. The second-order valence-corrected chi connectivity index (χ2v) is 4.80. The van der Waals surface area contributed by atoms with Crippen molar-refractivity contribution in [2.24, 2.45) is 11.7 Å². The fraction of sp³-hybridized carbons (Fsp3) is 0.833. The van der Waals surface area contributed by atoms with Crippen molar-refractivity contribution in [3.8, 4) is 0 Å². The molecule has 1 aliphatic rings. The lowest BCUT2D eigenvalue weighted by atomic mass is 9.92. The van der Waals surface area contributed by atoms with Gasteiger partial charge in [-0.1, -0.05) is 18.6 Å². The van der Waals surface area contributed by atoms with Gasteiger partial charge in [0.15, 0.2) is 0 Å². The number of hydrogen-bond donors (Lipinski definition) is 1. The molecule has 0 bridgehead atoms. The van der Waals surface area contributed by atoms with Crippen molar-refractivity contribution < 1.29 is 0 Å². The minimum atomic E-state index is 0.606. The number of hydrogen-bond acceptors (Lipinski definition) is 2. The van der Waals surface area contributed by atoms with Gasteiger partial charge in [-0.05, 0) is 39.2 Å². The largest absolute Gasteiger partial charge is 0.329 e. The van der Waals surface area contributed by atoms with Gasteiger partial charge in [-0.25, -0.2) is 0 Å². The lowest BCUT2D eigenvalue weighted by Gasteiger charge is -2.37. The summed E-state index contributed by atoms with van der Waals surface area (Å²) in [6, 6.07) is 0.606. The number of likely N-dealkylation sites (tertiary alicyclic amines) is 1. The van der Waals surface area contributed by atoms with Crippen molar-refractivity contribution >= 4 is 0 Å². The molecule has 0 radical (unpaired) electrons. The molecule has 1 rings (SSSR count). The molecule has 14 heavy (non-hydrogen) atoms. The molecule has 1 fully saturated rings. The summed E-state index contributed by atoms with van der Waals surface area (Å²) in [5.74, 6) is 0.853. The third-order valence-corrected chi connectivity index (χ3v) is 3.11. The summed E-state index contributed by atoms with van der Waals surface area (Å²) in [7, 11) is 0. The van der Waals surface area contributed by atoms with E-state index >= 15 is 0 Å². The third kappa shape index (κ3) is 3.43. The highest BCUT2D eigenvalue weighted by atomic mass is 15.2. The molecule has 2 nitrogen and oxygen atoms in total. The molecular formula is C12H24N2.